The van der Waals surface area contributed by atoms with Gasteiger partial charge in [-0.3, -0.25) is 4.98 Å². The molecule has 1 unspecified atom stereocenters. The highest BCUT2D eigenvalue weighted by atomic mass is 16.4. The van der Waals surface area contributed by atoms with Crippen LogP contribution >= 0.6 is 0 Å². The molecule has 1 heterocycles. The van der Waals surface area contributed by atoms with Gasteiger partial charge in [0.1, 0.15) is 0 Å². The normalized spacial score (nSPS) is 12.9. The first-order chi connectivity index (χ1) is 7.65. The monoisotopic (exact) mass is 221 g/mol. The molecule has 1 aromatic carbocycles. The molecular weight excluding hydrogens is 206 g/mol. The first-order valence-electron chi connectivity index (χ1n) is 5.27. The number of nitrogens with one attached hydrogen (secondary N) is 2. The van der Waals surface area contributed by atoms with Crippen molar-refractivity contribution in [1.82, 2.24) is 4.98 Å². The Morgan fingerprint density at radius 3 is 3.12 bits per heavy atom. The molecule has 0 aliphatic heterocycles. The standard InChI is InChI=1S/C11H15N3O2/c1-7(12)4-5-13-8-2-3-10-9(6-8)14-11(15)16-10/h2-3,6-7,13H,4-5,12H2,1H3,(H,14,15). The lowest BCUT2D eigenvalue weighted by Gasteiger charge is -2.07. The van der Waals surface area contributed by atoms with Gasteiger partial charge in [0.25, 0.3) is 0 Å². The molecule has 0 aliphatic carbocycles. The van der Waals surface area contributed by atoms with Gasteiger partial charge in [0.2, 0.25) is 0 Å². The van der Waals surface area contributed by atoms with E-state index in [0.29, 0.717) is 11.1 Å². The number of aromatic nitrogens is 1. The van der Waals surface area contributed by atoms with Gasteiger partial charge < -0.3 is 15.5 Å². The van der Waals surface area contributed by atoms with E-state index in [9.17, 15) is 4.79 Å². The number of hydrogen-bond donors (Lipinski definition) is 3. The largest absolute Gasteiger partial charge is 0.417 e. The molecule has 0 bridgehead atoms. The lowest BCUT2D eigenvalue weighted by Crippen LogP contribution is -2.19. The van der Waals surface area contributed by atoms with E-state index in [2.05, 4.69) is 10.3 Å². The van der Waals surface area contributed by atoms with Gasteiger partial charge in [-0.15, -0.1) is 0 Å². The van der Waals surface area contributed by atoms with Crippen LogP contribution in [0.5, 0.6) is 0 Å². The first kappa shape index (κ1) is 10.8. The molecule has 5 nitrogen and oxygen atoms in total. The molecule has 0 amide bonds. The summed E-state index contributed by atoms with van der Waals surface area (Å²) in [6, 6.07) is 5.67. The molecule has 0 saturated heterocycles. The molecular formula is C11H15N3O2. The Labute approximate surface area is 92.6 Å². The summed E-state index contributed by atoms with van der Waals surface area (Å²) in [7, 11) is 0. The number of aromatic amines is 1. The summed E-state index contributed by atoms with van der Waals surface area (Å²) in [5.74, 6) is -0.428. The van der Waals surface area contributed by atoms with Gasteiger partial charge in [-0.2, -0.15) is 0 Å². The summed E-state index contributed by atoms with van der Waals surface area (Å²) < 4.78 is 4.91. The third-order valence-corrected chi connectivity index (χ3v) is 2.35. The Kier molecular flexibility index (Phi) is 2.96. The zero-order valence-corrected chi connectivity index (χ0v) is 9.12. The third-order valence-electron chi connectivity index (χ3n) is 2.35. The number of H-pyrrole nitrogens is 1. The summed E-state index contributed by atoms with van der Waals surface area (Å²) in [6.45, 7) is 2.78. The zero-order chi connectivity index (χ0) is 11.5. The summed E-state index contributed by atoms with van der Waals surface area (Å²) in [5, 5.41) is 3.23. The quantitative estimate of drug-likeness (QED) is 0.726. The minimum atomic E-state index is -0.428. The molecule has 0 aliphatic rings. The SMILES string of the molecule is CC(N)CCNc1ccc2oc(=O)[nH]c2c1. The lowest BCUT2D eigenvalue weighted by molar-refractivity contribution is 0.555. The fraction of sp³-hybridized carbons (Fsp3) is 0.364. The predicted octanol–water partition coefficient (Wildman–Crippen LogP) is 1.27. The summed E-state index contributed by atoms with van der Waals surface area (Å²) >= 11 is 0. The number of nitrogens with two attached hydrogens (primary N) is 1. The maximum atomic E-state index is 10.9. The van der Waals surface area contributed by atoms with Crippen molar-refractivity contribution in [3.8, 4) is 0 Å². The number of hydrogen-bond acceptors (Lipinski definition) is 4. The molecule has 0 radical (unpaired) electrons. The van der Waals surface area contributed by atoms with E-state index < -0.39 is 5.76 Å². The van der Waals surface area contributed by atoms with Crippen molar-refractivity contribution < 1.29 is 4.42 Å². The molecule has 2 aromatic rings. The predicted molar refractivity (Wildman–Crippen MR) is 63.6 cm³/mol. The van der Waals surface area contributed by atoms with Crippen LogP contribution in [0.15, 0.2) is 27.4 Å². The lowest BCUT2D eigenvalue weighted by atomic mass is 10.2. The number of rotatable bonds is 4. The van der Waals surface area contributed by atoms with Crippen LogP contribution in [0.1, 0.15) is 13.3 Å². The molecule has 2 rings (SSSR count). The Balaban J connectivity index is 2.10. The van der Waals surface area contributed by atoms with E-state index in [-0.39, 0.29) is 6.04 Å². The zero-order valence-electron chi connectivity index (χ0n) is 9.12. The van der Waals surface area contributed by atoms with Crippen LogP contribution < -0.4 is 16.8 Å². The molecule has 4 N–H and O–H groups in total. The van der Waals surface area contributed by atoms with Crippen LogP contribution in [0.3, 0.4) is 0 Å². The second-order valence-electron chi connectivity index (χ2n) is 3.92. The molecule has 0 spiro atoms. The van der Waals surface area contributed by atoms with Crippen LogP contribution in [0.2, 0.25) is 0 Å². The minimum absolute atomic E-state index is 0.185. The average molecular weight is 221 g/mol. The van der Waals surface area contributed by atoms with Crippen LogP contribution in [0.25, 0.3) is 11.1 Å². The highest BCUT2D eigenvalue weighted by molar-refractivity contribution is 5.76. The van der Waals surface area contributed by atoms with Crippen molar-refractivity contribution >= 4 is 16.8 Å². The molecule has 86 valence electrons. The Morgan fingerprint density at radius 2 is 2.38 bits per heavy atom. The maximum absolute atomic E-state index is 10.9. The highest BCUT2D eigenvalue weighted by Crippen LogP contribution is 2.15. The topological polar surface area (TPSA) is 84.0 Å². The minimum Gasteiger partial charge on any atom is -0.408 e. The van der Waals surface area contributed by atoms with Gasteiger partial charge in [0.05, 0.1) is 5.52 Å². The molecule has 1 aromatic heterocycles. The smallest absolute Gasteiger partial charge is 0.408 e. The van der Waals surface area contributed by atoms with Crippen molar-refractivity contribution in [2.24, 2.45) is 5.73 Å². The average Bonchev–Trinajstić information content (AvgIpc) is 2.56. The van der Waals surface area contributed by atoms with Gasteiger partial charge in [-0.05, 0) is 31.5 Å². The van der Waals surface area contributed by atoms with Crippen LogP contribution in [0.4, 0.5) is 5.69 Å². The number of anilines is 1. The molecule has 16 heavy (non-hydrogen) atoms. The Hall–Kier alpha value is -1.75. The van der Waals surface area contributed by atoms with E-state index >= 15 is 0 Å². The number of fused-ring (bicyclic) bond motifs is 1. The van der Waals surface area contributed by atoms with Crippen molar-refractivity contribution in [1.29, 1.82) is 0 Å². The van der Waals surface area contributed by atoms with Crippen molar-refractivity contribution in [2.75, 3.05) is 11.9 Å². The van der Waals surface area contributed by atoms with Crippen LogP contribution in [0, 0.1) is 0 Å². The second-order valence-corrected chi connectivity index (χ2v) is 3.92. The van der Waals surface area contributed by atoms with Crippen molar-refractivity contribution in [3.63, 3.8) is 0 Å². The van der Waals surface area contributed by atoms with Crippen molar-refractivity contribution in [2.45, 2.75) is 19.4 Å². The molecule has 0 saturated carbocycles. The van der Waals surface area contributed by atoms with Gasteiger partial charge in [-0.1, -0.05) is 0 Å². The maximum Gasteiger partial charge on any atom is 0.417 e. The van der Waals surface area contributed by atoms with Gasteiger partial charge in [0, 0.05) is 18.3 Å². The Morgan fingerprint density at radius 1 is 1.56 bits per heavy atom. The van der Waals surface area contributed by atoms with E-state index in [1.54, 1.807) is 6.07 Å². The fourth-order valence-electron chi connectivity index (χ4n) is 1.51. The van der Waals surface area contributed by atoms with Crippen LogP contribution in [-0.2, 0) is 0 Å². The first-order valence-corrected chi connectivity index (χ1v) is 5.27. The highest BCUT2D eigenvalue weighted by Gasteiger charge is 2.01. The van der Waals surface area contributed by atoms with Crippen molar-refractivity contribution in [3.05, 3.63) is 28.7 Å². The summed E-state index contributed by atoms with van der Waals surface area (Å²) in [6.07, 6.45) is 0.903. The molecule has 0 fully saturated rings. The van der Waals surface area contributed by atoms with Gasteiger partial charge in [-0.25, -0.2) is 4.79 Å². The van der Waals surface area contributed by atoms with E-state index in [1.807, 2.05) is 19.1 Å². The van der Waals surface area contributed by atoms with E-state index in [4.69, 9.17) is 10.2 Å². The van der Waals surface area contributed by atoms with Gasteiger partial charge >= 0.3 is 5.76 Å². The third kappa shape index (κ3) is 2.43. The Bertz CT molecular complexity index is 527. The van der Waals surface area contributed by atoms with E-state index in [1.165, 1.54) is 0 Å². The molecule has 1 atom stereocenters. The number of oxazole rings is 1. The van der Waals surface area contributed by atoms with E-state index in [0.717, 1.165) is 18.7 Å². The molecule has 5 heteroatoms. The fourth-order valence-corrected chi connectivity index (χ4v) is 1.51. The van der Waals surface area contributed by atoms with Gasteiger partial charge in [0.15, 0.2) is 5.58 Å². The summed E-state index contributed by atoms with van der Waals surface area (Å²) in [5.41, 5.74) is 7.87. The van der Waals surface area contributed by atoms with Crippen LogP contribution in [-0.4, -0.2) is 17.6 Å². The number of benzene rings is 1. The summed E-state index contributed by atoms with van der Waals surface area (Å²) in [4.78, 5) is 13.6. The second kappa shape index (κ2) is 4.40.